The van der Waals surface area contributed by atoms with Crippen LogP contribution < -0.4 is 4.72 Å². The van der Waals surface area contributed by atoms with Crippen molar-refractivity contribution in [3.8, 4) is 0 Å². The van der Waals surface area contributed by atoms with Crippen molar-refractivity contribution in [2.75, 3.05) is 6.54 Å². The van der Waals surface area contributed by atoms with E-state index in [1.807, 2.05) is 13.0 Å². The van der Waals surface area contributed by atoms with Crippen molar-refractivity contribution in [2.24, 2.45) is 5.92 Å². The number of rotatable bonds is 6. The third-order valence-electron chi connectivity index (χ3n) is 4.43. The minimum Gasteiger partial charge on any atom is -0.481 e. The van der Waals surface area contributed by atoms with E-state index in [9.17, 15) is 17.6 Å². The third-order valence-corrected chi connectivity index (χ3v) is 5.83. The molecule has 23 heavy (non-hydrogen) atoms. The molecule has 1 saturated carbocycles. The number of aryl methyl sites for hydroxylation is 1. The van der Waals surface area contributed by atoms with Gasteiger partial charge in [0.2, 0.25) is 10.0 Å². The minimum absolute atomic E-state index is 0.0570. The fourth-order valence-electron chi connectivity index (χ4n) is 2.80. The molecule has 0 spiro atoms. The van der Waals surface area contributed by atoms with Gasteiger partial charge >= 0.3 is 5.97 Å². The van der Waals surface area contributed by atoms with E-state index in [1.54, 1.807) is 12.1 Å². The van der Waals surface area contributed by atoms with Gasteiger partial charge in [0.1, 0.15) is 5.67 Å². The molecule has 0 heterocycles. The van der Waals surface area contributed by atoms with Gasteiger partial charge in [-0.3, -0.25) is 4.79 Å². The maximum atomic E-state index is 14.7. The molecule has 1 aliphatic carbocycles. The summed E-state index contributed by atoms with van der Waals surface area (Å²) in [4.78, 5) is 11.0. The number of carboxylic acids is 1. The molecule has 128 valence electrons. The van der Waals surface area contributed by atoms with E-state index in [2.05, 4.69) is 4.72 Å². The van der Waals surface area contributed by atoms with Crippen molar-refractivity contribution < 1.29 is 22.7 Å². The molecule has 0 aromatic heterocycles. The molecule has 0 amide bonds. The molecule has 1 aromatic rings. The van der Waals surface area contributed by atoms with Crippen LogP contribution in [0.3, 0.4) is 0 Å². The molecule has 0 atom stereocenters. The summed E-state index contributed by atoms with van der Waals surface area (Å²) in [5, 5.41) is 8.93. The van der Waals surface area contributed by atoms with Crippen LogP contribution in [0.25, 0.3) is 0 Å². The Morgan fingerprint density at radius 3 is 2.61 bits per heavy atom. The summed E-state index contributed by atoms with van der Waals surface area (Å²) in [6, 6.07) is 6.56. The van der Waals surface area contributed by atoms with Crippen molar-refractivity contribution in [1.29, 1.82) is 0 Å². The smallest absolute Gasteiger partial charge is 0.306 e. The lowest BCUT2D eigenvalue weighted by Crippen LogP contribution is -2.43. The number of aliphatic carboxylic acids is 1. The fraction of sp³-hybridized carbons (Fsp3) is 0.562. The van der Waals surface area contributed by atoms with Gasteiger partial charge in [0.05, 0.1) is 10.8 Å². The zero-order valence-electron chi connectivity index (χ0n) is 13.1. The van der Waals surface area contributed by atoms with Crippen LogP contribution in [-0.4, -0.2) is 31.7 Å². The van der Waals surface area contributed by atoms with E-state index >= 15 is 0 Å². The minimum atomic E-state index is -3.77. The number of nitrogens with one attached hydrogen (secondary N) is 1. The van der Waals surface area contributed by atoms with Gasteiger partial charge in [-0.1, -0.05) is 19.1 Å². The highest BCUT2D eigenvalue weighted by atomic mass is 32.2. The maximum Gasteiger partial charge on any atom is 0.306 e. The van der Waals surface area contributed by atoms with Crippen molar-refractivity contribution in [3.63, 3.8) is 0 Å². The number of carbonyl (C=O) groups is 1. The zero-order chi connectivity index (χ0) is 17.1. The summed E-state index contributed by atoms with van der Waals surface area (Å²) in [6.45, 7) is 1.61. The highest BCUT2D eigenvalue weighted by Gasteiger charge is 2.38. The Balaban J connectivity index is 2.00. The maximum absolute atomic E-state index is 14.7. The predicted octanol–water partition coefficient (Wildman–Crippen LogP) is 2.51. The van der Waals surface area contributed by atoms with E-state index in [1.165, 1.54) is 6.07 Å². The van der Waals surface area contributed by atoms with E-state index in [0.29, 0.717) is 6.42 Å². The van der Waals surface area contributed by atoms with Gasteiger partial charge < -0.3 is 5.11 Å². The molecule has 0 unspecified atom stereocenters. The first-order chi connectivity index (χ1) is 10.8. The van der Waals surface area contributed by atoms with Gasteiger partial charge in [-0.25, -0.2) is 17.5 Å². The Labute approximate surface area is 136 Å². The highest BCUT2D eigenvalue weighted by Crippen LogP contribution is 2.35. The number of halogens is 1. The number of hydrogen-bond donors (Lipinski definition) is 2. The predicted molar refractivity (Wildman–Crippen MR) is 84.4 cm³/mol. The molecule has 5 nitrogen and oxygen atoms in total. The van der Waals surface area contributed by atoms with E-state index in [4.69, 9.17) is 5.11 Å². The van der Waals surface area contributed by atoms with Gasteiger partial charge in [-0.15, -0.1) is 0 Å². The molecule has 1 aromatic carbocycles. The number of sulfonamides is 1. The van der Waals surface area contributed by atoms with Gasteiger partial charge in [0.25, 0.3) is 0 Å². The van der Waals surface area contributed by atoms with E-state index in [0.717, 1.165) is 5.56 Å². The fourth-order valence-corrected chi connectivity index (χ4v) is 3.98. The Bertz CT molecular complexity index is 666. The molecule has 7 heteroatoms. The second-order valence-electron chi connectivity index (χ2n) is 6.09. The van der Waals surface area contributed by atoms with Crippen LogP contribution in [0.1, 0.15) is 38.2 Å². The SMILES string of the molecule is CCc1cccc(S(=O)(=O)NCC2(F)CCC(C(=O)O)CC2)c1. The average molecular weight is 343 g/mol. The Kier molecular flexibility index (Phi) is 5.41. The van der Waals surface area contributed by atoms with Crippen molar-refractivity contribution >= 4 is 16.0 Å². The normalized spacial score (nSPS) is 25.2. The summed E-state index contributed by atoms with van der Waals surface area (Å²) in [7, 11) is -3.77. The number of hydrogen-bond acceptors (Lipinski definition) is 3. The first-order valence-corrected chi connectivity index (χ1v) is 9.24. The largest absolute Gasteiger partial charge is 0.481 e. The standard InChI is InChI=1S/C16H22FNO4S/c1-2-12-4-3-5-14(10-12)23(21,22)18-11-16(17)8-6-13(7-9-16)15(19)20/h3-5,10,13,18H,2,6-9,11H2,1H3,(H,19,20). The summed E-state index contributed by atoms with van der Waals surface area (Å²) in [6.07, 6.45) is 1.30. The lowest BCUT2D eigenvalue weighted by atomic mass is 9.80. The highest BCUT2D eigenvalue weighted by molar-refractivity contribution is 7.89. The molecule has 0 radical (unpaired) electrons. The summed E-state index contributed by atoms with van der Waals surface area (Å²) in [5.41, 5.74) is -0.786. The molecule has 0 bridgehead atoms. The van der Waals surface area contributed by atoms with Gasteiger partial charge in [-0.05, 0) is 49.8 Å². The average Bonchev–Trinajstić information content (AvgIpc) is 2.54. The van der Waals surface area contributed by atoms with Crippen LogP contribution in [0.2, 0.25) is 0 Å². The van der Waals surface area contributed by atoms with Crippen LogP contribution in [0.5, 0.6) is 0 Å². The molecule has 0 aliphatic heterocycles. The van der Waals surface area contributed by atoms with E-state index in [-0.39, 0.29) is 37.1 Å². The number of benzene rings is 1. The zero-order valence-corrected chi connectivity index (χ0v) is 13.9. The van der Waals surface area contributed by atoms with E-state index < -0.39 is 27.6 Å². The van der Waals surface area contributed by atoms with Crippen molar-refractivity contribution in [3.05, 3.63) is 29.8 Å². The van der Waals surface area contributed by atoms with Gasteiger partial charge in [0.15, 0.2) is 0 Å². The topological polar surface area (TPSA) is 83.5 Å². The van der Waals surface area contributed by atoms with Crippen LogP contribution in [0.15, 0.2) is 29.2 Å². The quantitative estimate of drug-likeness (QED) is 0.831. The Hall–Kier alpha value is -1.47. The molecular weight excluding hydrogens is 321 g/mol. The van der Waals surface area contributed by atoms with Gasteiger partial charge in [-0.2, -0.15) is 0 Å². The van der Waals surface area contributed by atoms with Crippen molar-refractivity contribution in [1.82, 2.24) is 4.72 Å². The first kappa shape index (κ1) is 17.9. The molecular formula is C16H22FNO4S. The second kappa shape index (κ2) is 6.97. The van der Waals surface area contributed by atoms with Crippen molar-refractivity contribution in [2.45, 2.75) is 49.6 Å². The Morgan fingerprint density at radius 2 is 2.04 bits per heavy atom. The van der Waals surface area contributed by atoms with Crippen LogP contribution >= 0.6 is 0 Å². The Morgan fingerprint density at radius 1 is 1.39 bits per heavy atom. The van der Waals surface area contributed by atoms with Gasteiger partial charge in [0, 0.05) is 6.54 Å². The molecule has 1 fully saturated rings. The number of carboxylic acid groups (broad SMARTS) is 1. The lowest BCUT2D eigenvalue weighted by molar-refractivity contribution is -0.143. The van der Waals surface area contributed by atoms with Crippen LogP contribution in [0, 0.1) is 5.92 Å². The molecule has 2 N–H and O–H groups in total. The molecule has 2 rings (SSSR count). The third kappa shape index (κ3) is 4.51. The number of alkyl halides is 1. The second-order valence-corrected chi connectivity index (χ2v) is 7.86. The molecule has 0 saturated heterocycles. The summed E-state index contributed by atoms with van der Waals surface area (Å²) >= 11 is 0. The van der Waals surface area contributed by atoms with Crippen LogP contribution in [-0.2, 0) is 21.2 Å². The summed E-state index contributed by atoms with van der Waals surface area (Å²) in [5.74, 6) is -1.44. The molecule has 1 aliphatic rings. The summed E-state index contributed by atoms with van der Waals surface area (Å²) < 4.78 is 41.6. The monoisotopic (exact) mass is 343 g/mol. The first-order valence-electron chi connectivity index (χ1n) is 7.76. The van der Waals surface area contributed by atoms with Crippen LogP contribution in [0.4, 0.5) is 4.39 Å². The lowest BCUT2D eigenvalue weighted by Gasteiger charge is -2.32.